The molecule has 0 radical (unpaired) electrons. The third kappa shape index (κ3) is 1.85. The molecule has 5 heteroatoms. The Kier molecular flexibility index (Phi) is 2.52. The lowest BCUT2D eigenvalue weighted by Crippen LogP contribution is -2.01. The van der Waals surface area contributed by atoms with Gasteiger partial charge in [-0.05, 0) is 24.1 Å². The summed E-state index contributed by atoms with van der Waals surface area (Å²) in [5, 5.41) is 16.9. The van der Waals surface area contributed by atoms with Crippen molar-refractivity contribution in [2.75, 3.05) is 0 Å². The Hall–Kier alpha value is -2.69. The summed E-state index contributed by atoms with van der Waals surface area (Å²) in [6, 6.07) is 11.2. The number of nitrogens with one attached hydrogen (secondary N) is 1. The average molecular weight is 253 g/mol. The second-order valence-electron chi connectivity index (χ2n) is 4.27. The molecule has 3 aromatic rings. The first kappa shape index (κ1) is 11.4. The van der Waals surface area contributed by atoms with Crippen molar-refractivity contribution in [3.8, 4) is 11.1 Å². The highest BCUT2D eigenvalue weighted by atomic mass is 16.4. The maximum Gasteiger partial charge on any atom is 0.354 e. The highest BCUT2D eigenvalue weighted by Gasteiger charge is 2.15. The van der Waals surface area contributed by atoms with Gasteiger partial charge in [0.05, 0.1) is 0 Å². The third-order valence-corrected chi connectivity index (χ3v) is 3.01. The highest BCUT2D eigenvalue weighted by Crippen LogP contribution is 2.29. The van der Waals surface area contributed by atoms with Crippen LogP contribution in [0.15, 0.2) is 36.4 Å². The van der Waals surface area contributed by atoms with Crippen molar-refractivity contribution in [3.05, 3.63) is 47.8 Å². The van der Waals surface area contributed by atoms with E-state index in [9.17, 15) is 4.79 Å². The van der Waals surface area contributed by atoms with Crippen LogP contribution in [-0.4, -0.2) is 26.3 Å². The number of fused-ring (bicyclic) bond motifs is 1. The number of aromatic nitrogens is 3. The summed E-state index contributed by atoms with van der Waals surface area (Å²) in [5.74, 6) is -1.06. The maximum atomic E-state index is 11.1. The minimum atomic E-state index is -1.06. The molecular formula is C14H11N3O2. The Bertz CT molecular complexity index is 763. The lowest BCUT2D eigenvalue weighted by Gasteiger charge is -2.05. The zero-order valence-electron chi connectivity index (χ0n) is 10.2. The molecule has 0 fully saturated rings. The summed E-state index contributed by atoms with van der Waals surface area (Å²) in [7, 11) is 0. The number of rotatable bonds is 2. The Morgan fingerprint density at radius 2 is 2.00 bits per heavy atom. The van der Waals surface area contributed by atoms with Gasteiger partial charge in [-0.15, -0.1) is 0 Å². The molecule has 19 heavy (non-hydrogen) atoms. The van der Waals surface area contributed by atoms with E-state index in [0.29, 0.717) is 5.65 Å². The van der Waals surface area contributed by atoms with E-state index < -0.39 is 5.97 Å². The predicted molar refractivity (Wildman–Crippen MR) is 71.0 cm³/mol. The standard InChI is InChI=1S/C14H11N3O2/c1-8-12-10(9-5-3-2-4-6-9)7-11(14(18)19)15-13(12)17-16-8/h2-7H,1H3,(H,18,19)(H,15,16,17). The molecule has 2 aromatic heterocycles. The van der Waals surface area contributed by atoms with Crippen molar-refractivity contribution in [2.45, 2.75) is 6.92 Å². The molecule has 0 aliphatic carbocycles. The predicted octanol–water partition coefficient (Wildman–Crippen LogP) is 2.63. The van der Waals surface area contributed by atoms with E-state index in [1.54, 1.807) is 6.07 Å². The van der Waals surface area contributed by atoms with Gasteiger partial charge in [-0.2, -0.15) is 5.10 Å². The van der Waals surface area contributed by atoms with E-state index >= 15 is 0 Å². The van der Waals surface area contributed by atoms with E-state index in [4.69, 9.17) is 5.11 Å². The van der Waals surface area contributed by atoms with Crippen LogP contribution >= 0.6 is 0 Å². The normalized spacial score (nSPS) is 10.8. The first-order valence-electron chi connectivity index (χ1n) is 5.81. The van der Waals surface area contributed by atoms with Crippen molar-refractivity contribution < 1.29 is 9.90 Å². The average Bonchev–Trinajstić information content (AvgIpc) is 2.80. The van der Waals surface area contributed by atoms with Crippen LogP contribution in [-0.2, 0) is 0 Å². The third-order valence-electron chi connectivity index (χ3n) is 3.01. The number of hydrogen-bond donors (Lipinski definition) is 2. The largest absolute Gasteiger partial charge is 0.477 e. The summed E-state index contributed by atoms with van der Waals surface area (Å²) in [6.07, 6.45) is 0. The number of aromatic carboxylic acids is 1. The molecule has 0 aliphatic heterocycles. The second-order valence-corrected chi connectivity index (χ2v) is 4.27. The molecule has 0 unspecified atom stereocenters. The number of benzene rings is 1. The first-order chi connectivity index (χ1) is 9.16. The zero-order valence-corrected chi connectivity index (χ0v) is 10.2. The molecule has 0 aliphatic rings. The van der Waals surface area contributed by atoms with Crippen LogP contribution in [0.4, 0.5) is 0 Å². The number of H-pyrrole nitrogens is 1. The molecule has 0 saturated carbocycles. The molecular weight excluding hydrogens is 242 g/mol. The fraction of sp³-hybridized carbons (Fsp3) is 0.0714. The van der Waals surface area contributed by atoms with Gasteiger partial charge in [0.2, 0.25) is 0 Å². The lowest BCUT2D eigenvalue weighted by atomic mass is 10.0. The molecule has 1 aromatic carbocycles. The number of aromatic amines is 1. The second kappa shape index (κ2) is 4.20. The number of carboxylic acids is 1. The highest BCUT2D eigenvalue weighted by molar-refractivity contribution is 5.99. The van der Waals surface area contributed by atoms with Gasteiger partial charge in [-0.3, -0.25) is 5.10 Å². The number of hydrogen-bond acceptors (Lipinski definition) is 3. The van der Waals surface area contributed by atoms with Crippen LogP contribution in [0.1, 0.15) is 16.2 Å². The fourth-order valence-corrected chi connectivity index (χ4v) is 2.13. The van der Waals surface area contributed by atoms with Crippen molar-refractivity contribution >= 4 is 17.0 Å². The molecule has 0 bridgehead atoms. The quantitative estimate of drug-likeness (QED) is 0.735. The van der Waals surface area contributed by atoms with Gasteiger partial charge < -0.3 is 5.11 Å². The summed E-state index contributed by atoms with van der Waals surface area (Å²) < 4.78 is 0. The van der Waals surface area contributed by atoms with Gasteiger partial charge in [0.1, 0.15) is 0 Å². The molecule has 2 N–H and O–H groups in total. The molecule has 0 atom stereocenters. The van der Waals surface area contributed by atoms with Gasteiger partial charge in [-0.1, -0.05) is 30.3 Å². The van der Waals surface area contributed by atoms with Crippen LogP contribution in [0.5, 0.6) is 0 Å². The number of carbonyl (C=O) groups is 1. The van der Waals surface area contributed by atoms with E-state index in [1.807, 2.05) is 37.3 Å². The van der Waals surface area contributed by atoms with Crippen molar-refractivity contribution in [3.63, 3.8) is 0 Å². The fourth-order valence-electron chi connectivity index (χ4n) is 2.13. The molecule has 5 nitrogen and oxygen atoms in total. The van der Waals surface area contributed by atoms with Gasteiger partial charge in [0.25, 0.3) is 0 Å². The Balaban J connectivity index is 2.38. The van der Waals surface area contributed by atoms with Crippen LogP contribution in [0.2, 0.25) is 0 Å². The van der Waals surface area contributed by atoms with E-state index in [-0.39, 0.29) is 5.69 Å². The zero-order chi connectivity index (χ0) is 13.4. The van der Waals surface area contributed by atoms with Gasteiger partial charge in [0, 0.05) is 11.1 Å². The van der Waals surface area contributed by atoms with E-state index in [1.165, 1.54) is 0 Å². The molecule has 0 spiro atoms. The summed E-state index contributed by atoms with van der Waals surface area (Å²) in [6.45, 7) is 1.89. The van der Waals surface area contributed by atoms with Crippen molar-refractivity contribution in [1.29, 1.82) is 0 Å². The number of carboxylic acid groups (broad SMARTS) is 1. The SMILES string of the molecule is Cc1[nH]nc2nc(C(=O)O)cc(-c3ccccc3)c12. The van der Waals surface area contributed by atoms with Gasteiger partial charge >= 0.3 is 5.97 Å². The van der Waals surface area contributed by atoms with Crippen LogP contribution < -0.4 is 0 Å². The number of aryl methyl sites for hydroxylation is 1. The monoisotopic (exact) mass is 253 g/mol. The maximum absolute atomic E-state index is 11.1. The van der Waals surface area contributed by atoms with Crippen LogP contribution in [0.3, 0.4) is 0 Å². The Morgan fingerprint density at radius 1 is 1.26 bits per heavy atom. The van der Waals surface area contributed by atoms with Crippen molar-refractivity contribution in [2.24, 2.45) is 0 Å². The topological polar surface area (TPSA) is 78.9 Å². The van der Waals surface area contributed by atoms with Crippen LogP contribution in [0.25, 0.3) is 22.2 Å². The smallest absolute Gasteiger partial charge is 0.354 e. The van der Waals surface area contributed by atoms with Crippen LogP contribution in [0, 0.1) is 6.92 Å². The molecule has 2 heterocycles. The minimum absolute atomic E-state index is 0.00199. The summed E-state index contributed by atoms with van der Waals surface area (Å²) in [4.78, 5) is 15.2. The molecule has 3 rings (SSSR count). The molecule has 94 valence electrons. The van der Waals surface area contributed by atoms with Crippen molar-refractivity contribution in [1.82, 2.24) is 15.2 Å². The first-order valence-corrected chi connectivity index (χ1v) is 5.81. The molecule has 0 saturated heterocycles. The summed E-state index contributed by atoms with van der Waals surface area (Å²) >= 11 is 0. The molecule has 0 amide bonds. The van der Waals surface area contributed by atoms with Gasteiger partial charge in [-0.25, -0.2) is 9.78 Å². The van der Waals surface area contributed by atoms with Gasteiger partial charge in [0.15, 0.2) is 11.3 Å². The van der Waals surface area contributed by atoms with E-state index in [0.717, 1.165) is 22.2 Å². The Labute approximate surface area is 108 Å². The Morgan fingerprint density at radius 3 is 2.68 bits per heavy atom. The number of nitrogens with zero attached hydrogens (tertiary/aromatic N) is 2. The minimum Gasteiger partial charge on any atom is -0.477 e. The van der Waals surface area contributed by atoms with E-state index in [2.05, 4.69) is 15.2 Å². The lowest BCUT2D eigenvalue weighted by molar-refractivity contribution is 0.0691. The summed E-state index contributed by atoms with van der Waals surface area (Å²) in [5.41, 5.74) is 3.07. The number of pyridine rings is 1.